The molecule has 0 radical (unpaired) electrons. The minimum absolute atomic E-state index is 0.376. The Kier molecular flexibility index (Phi) is 5.29. The van der Waals surface area contributed by atoms with Crippen molar-refractivity contribution < 1.29 is 14.0 Å². The van der Waals surface area contributed by atoms with E-state index >= 15 is 0 Å². The van der Waals surface area contributed by atoms with Gasteiger partial charge in [0.1, 0.15) is 11.9 Å². The Bertz CT molecular complexity index is 457. The molecule has 0 aliphatic heterocycles. The summed E-state index contributed by atoms with van der Waals surface area (Å²) < 4.78 is 13.2. The van der Waals surface area contributed by atoms with Crippen molar-refractivity contribution in [3.05, 3.63) is 29.6 Å². The van der Waals surface area contributed by atoms with Gasteiger partial charge in [-0.05, 0) is 44.5 Å². The molecule has 0 aromatic heterocycles. The van der Waals surface area contributed by atoms with Gasteiger partial charge in [-0.15, -0.1) is 0 Å². The monoisotopic (exact) mass is 267 g/mol. The Labute approximate surface area is 111 Å². The standard InChI is InChI=1S/C13H18FN3O2/c1-4-15-13(19)17-12(18)9(3)16-11-6-8(2)5-10(14)7-11/h5-7,9,16H,4H2,1-3H3,(H2,15,17,18,19). The second-order valence-electron chi connectivity index (χ2n) is 4.23. The highest BCUT2D eigenvalue weighted by atomic mass is 19.1. The van der Waals surface area contributed by atoms with Gasteiger partial charge in [0, 0.05) is 12.2 Å². The molecular formula is C13H18FN3O2. The van der Waals surface area contributed by atoms with E-state index in [0.717, 1.165) is 5.56 Å². The summed E-state index contributed by atoms with van der Waals surface area (Å²) in [5.41, 5.74) is 1.25. The fourth-order valence-corrected chi connectivity index (χ4v) is 1.56. The van der Waals surface area contributed by atoms with Gasteiger partial charge in [-0.2, -0.15) is 0 Å². The lowest BCUT2D eigenvalue weighted by atomic mass is 10.2. The Morgan fingerprint density at radius 3 is 2.58 bits per heavy atom. The van der Waals surface area contributed by atoms with E-state index in [4.69, 9.17) is 0 Å². The summed E-state index contributed by atoms with van der Waals surface area (Å²) in [6, 6.07) is 3.22. The van der Waals surface area contributed by atoms with Crippen LogP contribution >= 0.6 is 0 Å². The molecule has 104 valence electrons. The molecule has 0 saturated carbocycles. The first-order chi connectivity index (χ1) is 8.92. The predicted molar refractivity (Wildman–Crippen MR) is 71.4 cm³/mol. The van der Waals surface area contributed by atoms with Crippen molar-refractivity contribution in [3.8, 4) is 0 Å². The average molecular weight is 267 g/mol. The van der Waals surface area contributed by atoms with Crippen molar-refractivity contribution in [2.75, 3.05) is 11.9 Å². The number of anilines is 1. The van der Waals surface area contributed by atoms with E-state index in [-0.39, 0.29) is 5.82 Å². The average Bonchev–Trinajstić information content (AvgIpc) is 2.27. The highest BCUT2D eigenvalue weighted by molar-refractivity contribution is 5.97. The van der Waals surface area contributed by atoms with Gasteiger partial charge in [0.05, 0.1) is 0 Å². The fourth-order valence-electron chi connectivity index (χ4n) is 1.56. The normalized spacial score (nSPS) is 11.6. The maximum absolute atomic E-state index is 13.2. The van der Waals surface area contributed by atoms with E-state index in [1.165, 1.54) is 12.1 Å². The quantitative estimate of drug-likeness (QED) is 0.778. The third-order valence-corrected chi connectivity index (χ3v) is 2.39. The summed E-state index contributed by atoms with van der Waals surface area (Å²) >= 11 is 0. The van der Waals surface area contributed by atoms with Crippen LogP contribution in [-0.4, -0.2) is 24.5 Å². The van der Waals surface area contributed by atoms with Crippen LogP contribution in [-0.2, 0) is 4.79 Å². The molecule has 1 rings (SSSR count). The molecule has 0 heterocycles. The third kappa shape index (κ3) is 4.95. The minimum atomic E-state index is -0.649. The van der Waals surface area contributed by atoms with Crippen LogP contribution in [0.15, 0.2) is 18.2 Å². The lowest BCUT2D eigenvalue weighted by Gasteiger charge is -2.15. The number of hydrogen-bond acceptors (Lipinski definition) is 3. The van der Waals surface area contributed by atoms with Crippen LogP contribution < -0.4 is 16.0 Å². The molecule has 19 heavy (non-hydrogen) atoms. The van der Waals surface area contributed by atoms with E-state index in [9.17, 15) is 14.0 Å². The molecule has 0 fully saturated rings. The van der Waals surface area contributed by atoms with Crippen LogP contribution in [0.3, 0.4) is 0 Å². The van der Waals surface area contributed by atoms with Crippen molar-refractivity contribution in [1.29, 1.82) is 0 Å². The Morgan fingerprint density at radius 1 is 1.32 bits per heavy atom. The molecule has 1 aromatic rings. The zero-order valence-electron chi connectivity index (χ0n) is 11.2. The van der Waals surface area contributed by atoms with Crippen molar-refractivity contribution in [2.24, 2.45) is 0 Å². The van der Waals surface area contributed by atoms with E-state index in [0.29, 0.717) is 12.2 Å². The summed E-state index contributed by atoms with van der Waals surface area (Å²) in [6.45, 7) is 5.54. The number of urea groups is 1. The number of aryl methyl sites for hydroxylation is 1. The molecule has 3 N–H and O–H groups in total. The zero-order chi connectivity index (χ0) is 14.4. The topological polar surface area (TPSA) is 70.2 Å². The number of imide groups is 1. The number of halogens is 1. The molecule has 0 aliphatic carbocycles. The Balaban J connectivity index is 2.60. The van der Waals surface area contributed by atoms with Crippen molar-refractivity contribution in [3.63, 3.8) is 0 Å². The van der Waals surface area contributed by atoms with Gasteiger partial charge in [-0.25, -0.2) is 9.18 Å². The lowest BCUT2D eigenvalue weighted by Crippen LogP contribution is -2.45. The van der Waals surface area contributed by atoms with E-state index < -0.39 is 18.0 Å². The number of hydrogen-bond donors (Lipinski definition) is 3. The Hall–Kier alpha value is -2.11. The summed E-state index contributed by atoms with van der Waals surface area (Å²) in [5, 5.41) is 7.48. The van der Waals surface area contributed by atoms with Crippen LogP contribution in [0, 0.1) is 12.7 Å². The molecule has 1 unspecified atom stereocenters. The molecule has 6 heteroatoms. The number of nitrogens with one attached hydrogen (secondary N) is 3. The largest absolute Gasteiger partial charge is 0.374 e. The molecule has 1 aromatic carbocycles. The summed E-state index contributed by atoms with van der Waals surface area (Å²) in [7, 11) is 0. The van der Waals surface area contributed by atoms with Gasteiger partial charge in [-0.1, -0.05) is 0 Å². The molecule has 5 nitrogen and oxygen atoms in total. The lowest BCUT2D eigenvalue weighted by molar-refractivity contribution is -0.120. The number of carbonyl (C=O) groups is 2. The van der Waals surface area contributed by atoms with Gasteiger partial charge in [0.2, 0.25) is 5.91 Å². The molecular weight excluding hydrogens is 249 g/mol. The van der Waals surface area contributed by atoms with Gasteiger partial charge in [0.25, 0.3) is 0 Å². The molecule has 0 bridgehead atoms. The van der Waals surface area contributed by atoms with Crippen LogP contribution in [0.2, 0.25) is 0 Å². The molecule has 0 saturated heterocycles. The second kappa shape index (κ2) is 6.72. The van der Waals surface area contributed by atoms with Gasteiger partial charge >= 0.3 is 6.03 Å². The second-order valence-corrected chi connectivity index (χ2v) is 4.23. The van der Waals surface area contributed by atoms with E-state index in [1.807, 2.05) is 0 Å². The first-order valence-corrected chi connectivity index (χ1v) is 6.04. The van der Waals surface area contributed by atoms with Gasteiger partial charge in [-0.3, -0.25) is 10.1 Å². The number of rotatable bonds is 4. The highest BCUT2D eigenvalue weighted by Crippen LogP contribution is 2.14. The first-order valence-electron chi connectivity index (χ1n) is 6.04. The maximum atomic E-state index is 13.2. The van der Waals surface area contributed by atoms with Crippen molar-refractivity contribution >= 4 is 17.6 Å². The van der Waals surface area contributed by atoms with E-state index in [2.05, 4.69) is 16.0 Å². The summed E-state index contributed by atoms with van der Waals surface area (Å²) in [4.78, 5) is 22.9. The predicted octanol–water partition coefficient (Wildman–Crippen LogP) is 1.78. The molecule has 0 aliphatic rings. The number of amides is 3. The summed E-state index contributed by atoms with van der Waals surface area (Å²) in [5.74, 6) is -0.855. The van der Waals surface area contributed by atoms with Crippen molar-refractivity contribution in [2.45, 2.75) is 26.8 Å². The number of carbonyl (C=O) groups excluding carboxylic acids is 2. The summed E-state index contributed by atoms with van der Waals surface area (Å²) in [6.07, 6.45) is 0. The van der Waals surface area contributed by atoms with Crippen LogP contribution in [0.25, 0.3) is 0 Å². The highest BCUT2D eigenvalue weighted by Gasteiger charge is 2.15. The SMILES string of the molecule is CCNC(=O)NC(=O)C(C)Nc1cc(C)cc(F)c1. The first kappa shape index (κ1) is 14.9. The minimum Gasteiger partial charge on any atom is -0.374 e. The molecule has 0 spiro atoms. The smallest absolute Gasteiger partial charge is 0.321 e. The third-order valence-electron chi connectivity index (χ3n) is 2.39. The van der Waals surface area contributed by atoms with Crippen LogP contribution in [0.1, 0.15) is 19.4 Å². The van der Waals surface area contributed by atoms with Gasteiger partial charge in [0.15, 0.2) is 0 Å². The maximum Gasteiger partial charge on any atom is 0.321 e. The van der Waals surface area contributed by atoms with Crippen molar-refractivity contribution in [1.82, 2.24) is 10.6 Å². The number of benzene rings is 1. The molecule has 3 amide bonds. The van der Waals surface area contributed by atoms with Crippen LogP contribution in [0.4, 0.5) is 14.9 Å². The fraction of sp³-hybridized carbons (Fsp3) is 0.385. The van der Waals surface area contributed by atoms with Crippen LogP contribution in [0.5, 0.6) is 0 Å². The zero-order valence-corrected chi connectivity index (χ0v) is 11.2. The Morgan fingerprint density at radius 2 is 2.00 bits per heavy atom. The van der Waals surface area contributed by atoms with E-state index in [1.54, 1.807) is 26.8 Å². The van der Waals surface area contributed by atoms with Gasteiger partial charge < -0.3 is 10.6 Å². The molecule has 1 atom stereocenters.